The molecule has 3 rings (SSSR count). The van der Waals surface area contributed by atoms with Gasteiger partial charge in [-0.25, -0.2) is 4.98 Å². The van der Waals surface area contributed by atoms with Crippen molar-refractivity contribution in [1.29, 1.82) is 0 Å². The van der Waals surface area contributed by atoms with Crippen LogP contribution in [0.1, 0.15) is 18.4 Å². The van der Waals surface area contributed by atoms with E-state index in [-0.39, 0.29) is 11.9 Å². The number of fused-ring (bicyclic) bond motifs is 1. The highest BCUT2D eigenvalue weighted by atomic mass is 19.4. The van der Waals surface area contributed by atoms with Crippen molar-refractivity contribution in [2.24, 2.45) is 0 Å². The zero-order valence-electron chi connectivity index (χ0n) is 13.2. The van der Waals surface area contributed by atoms with Gasteiger partial charge in [0.1, 0.15) is 18.2 Å². The maximum Gasteiger partial charge on any atom is 0.573 e. The van der Waals surface area contributed by atoms with Crippen LogP contribution >= 0.6 is 0 Å². The number of alkyl halides is 3. The fourth-order valence-corrected chi connectivity index (χ4v) is 2.78. The van der Waals surface area contributed by atoms with Crippen LogP contribution < -0.4 is 15.0 Å². The van der Waals surface area contributed by atoms with Gasteiger partial charge in [-0.05, 0) is 36.2 Å². The molecule has 0 amide bonds. The van der Waals surface area contributed by atoms with Crippen LogP contribution in [0, 0.1) is 0 Å². The molecule has 2 heterocycles. The molecular weight excluding hydrogens is 335 g/mol. The highest BCUT2D eigenvalue weighted by Gasteiger charge is 2.31. The molecule has 5 nitrogen and oxygen atoms in total. The number of rotatable bonds is 6. The summed E-state index contributed by atoms with van der Waals surface area (Å²) in [6.45, 7) is 0.451. The molecule has 1 atom stereocenters. The highest BCUT2D eigenvalue weighted by Crippen LogP contribution is 2.35. The van der Waals surface area contributed by atoms with Crippen LogP contribution in [0.25, 0.3) is 0 Å². The quantitative estimate of drug-likeness (QED) is 0.804. The number of hydrogen-bond donors (Lipinski definition) is 1. The van der Waals surface area contributed by atoms with Crippen LogP contribution in [-0.2, 0) is 11.3 Å². The van der Waals surface area contributed by atoms with Crippen molar-refractivity contribution in [3.05, 3.63) is 48.2 Å². The van der Waals surface area contributed by atoms with E-state index in [4.69, 9.17) is 0 Å². The molecule has 0 fully saturated rings. The Bertz CT molecular complexity index is 735. The number of pyridine rings is 1. The predicted molar refractivity (Wildman–Crippen MR) is 86.3 cm³/mol. The Morgan fingerprint density at radius 1 is 1.24 bits per heavy atom. The fourth-order valence-electron chi connectivity index (χ4n) is 2.78. The van der Waals surface area contributed by atoms with Crippen molar-refractivity contribution in [2.75, 3.05) is 10.2 Å². The summed E-state index contributed by atoms with van der Waals surface area (Å²) in [5.41, 5.74) is 1.68. The summed E-state index contributed by atoms with van der Waals surface area (Å²) in [5.74, 6) is 0.501. The lowest BCUT2D eigenvalue weighted by atomic mass is 10.2. The molecule has 0 bridgehead atoms. The number of hydrogen-bond acceptors (Lipinski definition) is 5. The minimum absolute atomic E-state index is 0.0961. The fraction of sp³-hybridized carbons (Fsp3) is 0.294. The minimum Gasteiger partial charge on any atom is -0.406 e. The highest BCUT2D eigenvalue weighted by molar-refractivity contribution is 5.72. The van der Waals surface area contributed by atoms with Crippen molar-refractivity contribution >= 4 is 17.8 Å². The molecule has 1 N–H and O–H groups in total. The average molecular weight is 351 g/mol. The van der Waals surface area contributed by atoms with Gasteiger partial charge in [-0.15, -0.1) is 13.2 Å². The van der Waals surface area contributed by atoms with Gasteiger partial charge in [-0.1, -0.05) is 12.1 Å². The van der Waals surface area contributed by atoms with Crippen molar-refractivity contribution in [1.82, 2.24) is 4.98 Å². The molecule has 25 heavy (non-hydrogen) atoms. The predicted octanol–water partition coefficient (Wildman–Crippen LogP) is 3.72. The summed E-state index contributed by atoms with van der Waals surface area (Å²) in [6.07, 6.45) is -1.25. The number of ether oxygens (including phenoxy) is 1. The molecule has 2 aromatic rings. The summed E-state index contributed by atoms with van der Waals surface area (Å²) >= 11 is 0. The maximum atomic E-state index is 12.2. The van der Waals surface area contributed by atoms with E-state index in [1.54, 1.807) is 18.3 Å². The first-order valence-electron chi connectivity index (χ1n) is 7.73. The second-order valence-electron chi connectivity index (χ2n) is 5.60. The van der Waals surface area contributed by atoms with Crippen molar-refractivity contribution in [3.8, 4) is 5.75 Å². The van der Waals surface area contributed by atoms with Gasteiger partial charge >= 0.3 is 6.36 Å². The summed E-state index contributed by atoms with van der Waals surface area (Å²) in [7, 11) is 0. The molecular formula is C17H16F3N3O2. The molecule has 1 aromatic carbocycles. The standard InChI is InChI=1S/C17H16F3N3O2/c18-17(19,20)25-13-7-5-12(6-8-13)11-23-15(4-2-10-24)22-14-3-1-9-21-16(14)23/h1,3,5-10,15,22H,2,4,11H2. The molecule has 8 heteroatoms. The topological polar surface area (TPSA) is 54.5 Å². The first kappa shape index (κ1) is 17.1. The third-order valence-electron chi connectivity index (χ3n) is 3.82. The van der Waals surface area contributed by atoms with Crippen LogP contribution in [0.2, 0.25) is 0 Å². The number of aromatic nitrogens is 1. The van der Waals surface area contributed by atoms with Crippen molar-refractivity contribution < 1.29 is 22.7 Å². The van der Waals surface area contributed by atoms with E-state index in [0.29, 0.717) is 19.4 Å². The summed E-state index contributed by atoms with van der Waals surface area (Å²) in [5, 5.41) is 3.31. The molecule has 1 aliphatic rings. The van der Waals surface area contributed by atoms with E-state index in [2.05, 4.69) is 15.0 Å². The summed E-state index contributed by atoms with van der Waals surface area (Å²) in [4.78, 5) is 17.0. The van der Waals surface area contributed by atoms with Gasteiger partial charge < -0.3 is 19.7 Å². The molecule has 132 valence electrons. The van der Waals surface area contributed by atoms with Crippen molar-refractivity contribution in [2.45, 2.75) is 31.9 Å². The Hall–Kier alpha value is -2.77. The number of halogens is 3. The second-order valence-corrected chi connectivity index (χ2v) is 5.60. The normalized spacial score (nSPS) is 16.3. The van der Waals surface area contributed by atoms with Gasteiger partial charge in [0.15, 0.2) is 5.82 Å². The number of nitrogens with zero attached hydrogens (tertiary/aromatic N) is 2. The molecule has 0 radical (unpaired) electrons. The van der Waals surface area contributed by atoms with Crippen LogP contribution in [0.5, 0.6) is 5.75 Å². The van der Waals surface area contributed by atoms with Crippen LogP contribution in [0.4, 0.5) is 24.7 Å². The van der Waals surface area contributed by atoms with E-state index in [1.807, 2.05) is 17.0 Å². The number of benzene rings is 1. The first-order valence-corrected chi connectivity index (χ1v) is 7.73. The molecule has 0 spiro atoms. The number of aldehydes is 1. The first-order chi connectivity index (χ1) is 12.0. The number of carbonyl (C=O) groups is 1. The Morgan fingerprint density at radius 3 is 2.68 bits per heavy atom. The van der Waals surface area contributed by atoms with Gasteiger partial charge in [0, 0.05) is 19.2 Å². The van der Waals surface area contributed by atoms with E-state index < -0.39 is 6.36 Å². The smallest absolute Gasteiger partial charge is 0.406 e. The van der Waals surface area contributed by atoms with E-state index >= 15 is 0 Å². The molecule has 0 saturated carbocycles. The molecule has 0 aliphatic carbocycles. The van der Waals surface area contributed by atoms with Gasteiger partial charge in [-0.3, -0.25) is 0 Å². The number of nitrogens with one attached hydrogen (secondary N) is 1. The average Bonchev–Trinajstić information content (AvgIpc) is 2.91. The van der Waals surface area contributed by atoms with Gasteiger partial charge in [0.25, 0.3) is 0 Å². The third kappa shape index (κ3) is 4.20. The molecule has 0 saturated heterocycles. The van der Waals surface area contributed by atoms with Crippen LogP contribution in [0.15, 0.2) is 42.6 Å². The lowest BCUT2D eigenvalue weighted by Crippen LogP contribution is -2.35. The minimum atomic E-state index is -4.71. The largest absolute Gasteiger partial charge is 0.573 e. The third-order valence-corrected chi connectivity index (χ3v) is 3.82. The Kier molecular flexibility index (Phi) is 4.78. The van der Waals surface area contributed by atoms with E-state index in [1.165, 1.54) is 12.1 Å². The molecule has 1 aliphatic heterocycles. The Balaban J connectivity index is 1.76. The molecule has 1 aromatic heterocycles. The van der Waals surface area contributed by atoms with Gasteiger partial charge in [0.2, 0.25) is 0 Å². The van der Waals surface area contributed by atoms with Crippen LogP contribution in [-0.4, -0.2) is 23.8 Å². The van der Waals surface area contributed by atoms with E-state index in [9.17, 15) is 18.0 Å². The lowest BCUT2D eigenvalue weighted by Gasteiger charge is -2.25. The van der Waals surface area contributed by atoms with E-state index in [0.717, 1.165) is 23.4 Å². The Morgan fingerprint density at radius 2 is 2.00 bits per heavy atom. The second kappa shape index (κ2) is 7.00. The number of carbonyl (C=O) groups excluding carboxylic acids is 1. The molecule has 1 unspecified atom stereocenters. The number of anilines is 2. The zero-order valence-corrected chi connectivity index (χ0v) is 13.2. The monoisotopic (exact) mass is 351 g/mol. The SMILES string of the molecule is O=CCCC1Nc2cccnc2N1Cc1ccc(OC(F)(F)F)cc1. The van der Waals surface area contributed by atoms with Crippen molar-refractivity contribution in [3.63, 3.8) is 0 Å². The lowest BCUT2D eigenvalue weighted by molar-refractivity contribution is -0.274. The van der Waals surface area contributed by atoms with Gasteiger partial charge in [-0.2, -0.15) is 0 Å². The summed E-state index contributed by atoms with van der Waals surface area (Å²) in [6, 6.07) is 9.45. The van der Waals surface area contributed by atoms with Gasteiger partial charge in [0.05, 0.1) is 5.69 Å². The Labute approximate surface area is 142 Å². The summed E-state index contributed by atoms with van der Waals surface area (Å²) < 4.78 is 40.6. The zero-order chi connectivity index (χ0) is 17.9. The van der Waals surface area contributed by atoms with Crippen LogP contribution in [0.3, 0.4) is 0 Å². The maximum absolute atomic E-state index is 12.2.